The molecule has 0 spiro atoms. The third kappa shape index (κ3) is 26.2. The van der Waals surface area contributed by atoms with Gasteiger partial charge >= 0.3 is 0 Å². The fraction of sp³-hybridized carbons (Fsp3) is 0.778. The van der Waals surface area contributed by atoms with Crippen molar-refractivity contribution in [2.75, 3.05) is 118 Å². The Hall–Kier alpha value is -1.66. The molecule has 0 bridgehead atoms. The Morgan fingerprint density at radius 2 is 0.833 bits per heavy atom. The lowest BCUT2D eigenvalue weighted by Crippen LogP contribution is -2.44. The Labute approximate surface area is 333 Å². The molecule has 9 heteroatoms. The summed E-state index contributed by atoms with van der Waals surface area (Å²) in [4.78, 5) is 0. The zero-order chi connectivity index (χ0) is 39.0. The normalized spacial score (nSPS) is 14.4. The predicted molar refractivity (Wildman–Crippen MR) is 238 cm³/mol. The van der Waals surface area contributed by atoms with Gasteiger partial charge in [0.05, 0.1) is 0 Å². The highest BCUT2D eigenvalue weighted by Gasteiger charge is 2.32. The Balaban J connectivity index is 1.90. The first kappa shape index (κ1) is 48.5. The Morgan fingerprint density at radius 3 is 1.24 bits per heavy atom. The topological polar surface area (TPSA) is 108 Å². The average molecular weight is 754 g/mol. The molecule has 0 aliphatic heterocycles. The molecule has 0 radical (unpaired) electrons. The lowest BCUT2D eigenvalue weighted by Gasteiger charge is -2.37. The smallest absolute Gasteiger partial charge is 0.0202 e. The number of allylic oxidation sites excluding steroid dienone is 1. The van der Waals surface area contributed by atoms with Crippen LogP contribution in [0.4, 0.5) is 0 Å². The summed E-state index contributed by atoms with van der Waals surface area (Å²) < 4.78 is 0. The molecule has 0 fully saturated rings. The molecule has 0 aromatic heterocycles. The fourth-order valence-corrected chi connectivity index (χ4v) is 6.85. The number of hydrogen-bond acceptors (Lipinski definition) is 9. The van der Waals surface area contributed by atoms with E-state index in [-0.39, 0.29) is 5.41 Å². The van der Waals surface area contributed by atoms with Crippen molar-refractivity contribution in [3.05, 3.63) is 53.6 Å². The molecule has 1 aliphatic carbocycles. The maximum Gasteiger partial charge on any atom is 0.0202 e. The first-order chi connectivity index (χ1) is 26.3. The van der Waals surface area contributed by atoms with Crippen molar-refractivity contribution in [1.82, 2.24) is 47.9 Å². The summed E-state index contributed by atoms with van der Waals surface area (Å²) in [7, 11) is 0. The minimum absolute atomic E-state index is 0.0210. The van der Waals surface area contributed by atoms with E-state index in [2.05, 4.69) is 132 Å². The molecular weight excluding hydrogens is 667 g/mol. The second kappa shape index (κ2) is 32.4. The molecule has 0 atom stereocenters. The Bertz CT molecular complexity index is 1030. The van der Waals surface area contributed by atoms with E-state index in [0.717, 1.165) is 143 Å². The molecule has 0 unspecified atom stereocenters. The first-order valence-corrected chi connectivity index (χ1v) is 22.1. The third-order valence-corrected chi connectivity index (χ3v) is 9.72. The van der Waals surface area contributed by atoms with Crippen LogP contribution < -0.4 is 47.9 Å². The minimum Gasteiger partial charge on any atom is -0.317 e. The van der Waals surface area contributed by atoms with Gasteiger partial charge in [0.25, 0.3) is 0 Å². The van der Waals surface area contributed by atoms with Gasteiger partial charge < -0.3 is 47.9 Å². The molecule has 0 saturated carbocycles. The maximum absolute atomic E-state index is 3.90. The highest BCUT2D eigenvalue weighted by Crippen LogP contribution is 2.38. The van der Waals surface area contributed by atoms with Gasteiger partial charge in [0.15, 0.2) is 0 Å². The summed E-state index contributed by atoms with van der Waals surface area (Å²) in [5.41, 5.74) is 4.23. The Kier molecular flexibility index (Phi) is 29.1. The van der Waals surface area contributed by atoms with E-state index in [4.69, 9.17) is 0 Å². The van der Waals surface area contributed by atoms with Crippen molar-refractivity contribution >= 4 is 5.57 Å². The van der Waals surface area contributed by atoms with Crippen molar-refractivity contribution in [1.29, 1.82) is 0 Å². The number of benzene rings is 1. The van der Waals surface area contributed by atoms with E-state index in [9.17, 15) is 0 Å². The van der Waals surface area contributed by atoms with Crippen molar-refractivity contribution in [3.8, 4) is 0 Å². The van der Waals surface area contributed by atoms with Crippen LogP contribution in [0.2, 0.25) is 0 Å². The highest BCUT2D eigenvalue weighted by atomic mass is 15.0. The Morgan fingerprint density at radius 1 is 0.463 bits per heavy atom. The summed E-state index contributed by atoms with van der Waals surface area (Å²) in [5, 5.41) is 33.2. The zero-order valence-electron chi connectivity index (χ0n) is 36.0. The molecule has 0 saturated heterocycles. The van der Waals surface area contributed by atoms with Gasteiger partial charge in [-0.25, -0.2) is 0 Å². The van der Waals surface area contributed by atoms with Crippen LogP contribution in [-0.2, 0) is 0 Å². The molecule has 0 heterocycles. The molecule has 2 rings (SSSR count). The monoisotopic (exact) mass is 754 g/mol. The van der Waals surface area contributed by atoms with Gasteiger partial charge in [0, 0.05) is 25.0 Å². The van der Waals surface area contributed by atoms with Crippen LogP contribution in [0.25, 0.3) is 5.57 Å². The van der Waals surface area contributed by atoms with Crippen LogP contribution in [0.15, 0.2) is 48.1 Å². The van der Waals surface area contributed by atoms with Crippen LogP contribution in [-0.4, -0.2) is 118 Å². The van der Waals surface area contributed by atoms with E-state index in [1.165, 1.54) is 36.0 Å². The summed E-state index contributed by atoms with van der Waals surface area (Å²) in [5.74, 6) is 2.15. The van der Waals surface area contributed by atoms with E-state index in [0.29, 0.717) is 17.8 Å². The largest absolute Gasteiger partial charge is 0.317 e. The molecule has 9 nitrogen and oxygen atoms in total. The van der Waals surface area contributed by atoms with Gasteiger partial charge in [0.2, 0.25) is 0 Å². The van der Waals surface area contributed by atoms with Gasteiger partial charge in [-0.3, -0.25) is 0 Å². The molecule has 1 aliphatic rings. The van der Waals surface area contributed by atoms with E-state index in [1.807, 2.05) is 0 Å². The van der Waals surface area contributed by atoms with Crippen LogP contribution in [0, 0.1) is 23.2 Å². The number of nitrogens with one attached hydrogen (secondary N) is 9. The zero-order valence-corrected chi connectivity index (χ0v) is 36.0. The number of hydrogen-bond donors (Lipinski definition) is 9. The standard InChI is InChI=1S/C45H87N9/c1-39(2)33-49-24-10-18-46-21-13-27-52-36-42-30-44(43-16-8-7-9-17-43)32-45(31-42,37-53-28-14-22-47-19-11-25-50-34-40(3)4)38-54-29-15-23-48-20-12-26-51-35-41(5)6/h7-9,16-17,30-31,39-41,46-54H,10-15,18-29,32-38H2,1-6H3. The van der Waals surface area contributed by atoms with Crippen LogP contribution in [0.3, 0.4) is 0 Å². The van der Waals surface area contributed by atoms with Crippen molar-refractivity contribution < 1.29 is 0 Å². The predicted octanol–water partition coefficient (Wildman–Crippen LogP) is 5.00. The lowest BCUT2D eigenvalue weighted by molar-refractivity contribution is 0.334. The second-order valence-electron chi connectivity index (χ2n) is 17.0. The summed E-state index contributed by atoms with van der Waals surface area (Å²) in [6.45, 7) is 32.6. The SMILES string of the molecule is CC(C)CNCCCNCCCNCC1=CC(CNCCCNCCCNCC(C)C)(CNCCCNCCCNCC(C)C)CC(c2ccccc2)=C1. The van der Waals surface area contributed by atoms with E-state index < -0.39 is 0 Å². The first-order valence-electron chi connectivity index (χ1n) is 22.1. The molecule has 0 amide bonds. The summed E-state index contributed by atoms with van der Waals surface area (Å²) >= 11 is 0. The van der Waals surface area contributed by atoms with Crippen LogP contribution in [0.5, 0.6) is 0 Å². The lowest BCUT2D eigenvalue weighted by atomic mass is 9.74. The van der Waals surface area contributed by atoms with Gasteiger partial charge in [-0.1, -0.05) is 84.0 Å². The van der Waals surface area contributed by atoms with Crippen molar-refractivity contribution in [3.63, 3.8) is 0 Å². The van der Waals surface area contributed by atoms with Crippen LogP contribution >= 0.6 is 0 Å². The maximum atomic E-state index is 3.90. The van der Waals surface area contributed by atoms with Crippen molar-refractivity contribution in [2.24, 2.45) is 23.2 Å². The van der Waals surface area contributed by atoms with E-state index in [1.54, 1.807) is 0 Å². The summed E-state index contributed by atoms with van der Waals surface area (Å²) in [6.07, 6.45) is 13.1. The van der Waals surface area contributed by atoms with Crippen molar-refractivity contribution in [2.45, 2.75) is 86.5 Å². The second-order valence-corrected chi connectivity index (χ2v) is 17.0. The van der Waals surface area contributed by atoms with E-state index >= 15 is 0 Å². The fourth-order valence-electron chi connectivity index (χ4n) is 6.85. The molecule has 9 N–H and O–H groups in total. The molecule has 1 aromatic carbocycles. The highest BCUT2D eigenvalue weighted by molar-refractivity contribution is 5.71. The quantitative estimate of drug-likeness (QED) is 0.0435. The van der Waals surface area contributed by atoms with Crippen LogP contribution in [0.1, 0.15) is 92.1 Å². The molecule has 54 heavy (non-hydrogen) atoms. The van der Waals surface area contributed by atoms with Gasteiger partial charge in [-0.2, -0.15) is 0 Å². The summed E-state index contributed by atoms with van der Waals surface area (Å²) in [6, 6.07) is 11.1. The van der Waals surface area contributed by atoms with Gasteiger partial charge in [-0.15, -0.1) is 0 Å². The van der Waals surface area contributed by atoms with Gasteiger partial charge in [0.1, 0.15) is 0 Å². The average Bonchev–Trinajstić information content (AvgIpc) is 3.15. The minimum atomic E-state index is 0.0210. The van der Waals surface area contributed by atoms with Gasteiger partial charge in [-0.05, 0) is 178 Å². The molecular formula is C45H87N9. The third-order valence-electron chi connectivity index (χ3n) is 9.72. The number of rotatable bonds is 37. The molecule has 1 aromatic rings. The molecule has 312 valence electrons.